The number of aryl methyl sites for hydroxylation is 1. The Balaban J connectivity index is 2.03. The first kappa shape index (κ1) is 13.6. The summed E-state index contributed by atoms with van der Waals surface area (Å²) in [4.78, 5) is 24.6. The molecule has 1 N–H and O–H groups in total. The molecule has 4 heteroatoms. The van der Waals surface area contributed by atoms with Gasteiger partial charge in [-0.2, -0.15) is 0 Å². The topological polar surface area (TPSA) is 57.6 Å². The number of rotatable bonds is 6. The molecular formula is C15H19NO3. The quantitative estimate of drug-likeness (QED) is 0.853. The molecule has 2 rings (SSSR count). The number of carboxylic acids is 1. The summed E-state index contributed by atoms with van der Waals surface area (Å²) in [5.41, 5.74) is 1.10. The summed E-state index contributed by atoms with van der Waals surface area (Å²) in [6.45, 7) is 1.46. The van der Waals surface area contributed by atoms with E-state index in [4.69, 9.17) is 0 Å². The van der Waals surface area contributed by atoms with E-state index in [0.29, 0.717) is 12.8 Å². The van der Waals surface area contributed by atoms with Gasteiger partial charge in [0.1, 0.15) is 6.04 Å². The van der Waals surface area contributed by atoms with E-state index in [2.05, 4.69) is 0 Å². The molecule has 1 atom stereocenters. The van der Waals surface area contributed by atoms with Crippen molar-refractivity contribution in [3.05, 3.63) is 35.9 Å². The summed E-state index contributed by atoms with van der Waals surface area (Å²) in [5.74, 6) is -1.04. The van der Waals surface area contributed by atoms with Crippen LogP contribution >= 0.6 is 0 Å². The number of amides is 1. The smallest absolute Gasteiger partial charge is 0.326 e. The maximum atomic E-state index is 11.6. The van der Waals surface area contributed by atoms with Gasteiger partial charge >= 0.3 is 5.97 Å². The Hall–Kier alpha value is -1.84. The van der Waals surface area contributed by atoms with Crippen LogP contribution in [0.4, 0.5) is 0 Å². The third kappa shape index (κ3) is 3.56. The molecule has 4 nitrogen and oxygen atoms in total. The van der Waals surface area contributed by atoms with Crippen LogP contribution in [0.5, 0.6) is 0 Å². The van der Waals surface area contributed by atoms with Crippen LogP contribution in [0.2, 0.25) is 0 Å². The molecule has 0 spiro atoms. The minimum absolute atomic E-state index is 0.134. The zero-order valence-corrected chi connectivity index (χ0v) is 11.1. The minimum Gasteiger partial charge on any atom is -0.480 e. The van der Waals surface area contributed by atoms with Crippen molar-refractivity contribution in [2.75, 3.05) is 0 Å². The molecule has 1 aromatic rings. The molecule has 1 unspecified atom stereocenters. The van der Waals surface area contributed by atoms with Gasteiger partial charge in [-0.15, -0.1) is 0 Å². The van der Waals surface area contributed by atoms with Crippen LogP contribution in [-0.2, 0) is 16.0 Å². The Morgan fingerprint density at radius 1 is 1.32 bits per heavy atom. The molecule has 1 aliphatic rings. The molecule has 102 valence electrons. The highest BCUT2D eigenvalue weighted by Gasteiger charge is 2.38. The van der Waals surface area contributed by atoms with Crippen LogP contribution in [-0.4, -0.2) is 34.0 Å². The minimum atomic E-state index is -0.905. The van der Waals surface area contributed by atoms with Gasteiger partial charge < -0.3 is 10.0 Å². The summed E-state index contributed by atoms with van der Waals surface area (Å²) in [6.07, 6.45) is 2.99. The third-order valence-corrected chi connectivity index (χ3v) is 3.47. The number of carbonyl (C=O) groups excluding carboxylic acids is 1. The SMILES string of the molecule is CC(=O)N(C1CC1)C(CCc1ccccc1)C(=O)O. The van der Waals surface area contributed by atoms with Gasteiger partial charge in [-0.3, -0.25) is 4.79 Å². The van der Waals surface area contributed by atoms with Crippen molar-refractivity contribution in [3.63, 3.8) is 0 Å². The Labute approximate surface area is 113 Å². The van der Waals surface area contributed by atoms with E-state index in [1.54, 1.807) is 4.90 Å². The first-order valence-corrected chi connectivity index (χ1v) is 6.65. The first-order valence-electron chi connectivity index (χ1n) is 6.65. The standard InChI is InChI=1S/C15H19NO3/c1-11(17)16(13-8-9-13)14(15(18)19)10-7-12-5-3-2-4-6-12/h2-6,13-14H,7-10H2,1H3,(H,18,19). The predicted molar refractivity (Wildman–Crippen MR) is 71.7 cm³/mol. The van der Waals surface area contributed by atoms with Crippen molar-refractivity contribution in [2.24, 2.45) is 0 Å². The van der Waals surface area contributed by atoms with Gasteiger partial charge in [0.2, 0.25) is 5.91 Å². The number of nitrogens with zero attached hydrogens (tertiary/aromatic N) is 1. The van der Waals surface area contributed by atoms with Gasteiger partial charge in [0.25, 0.3) is 0 Å². The lowest BCUT2D eigenvalue weighted by Crippen LogP contribution is -2.45. The third-order valence-electron chi connectivity index (χ3n) is 3.47. The van der Waals surface area contributed by atoms with E-state index in [-0.39, 0.29) is 11.9 Å². The average molecular weight is 261 g/mol. The lowest BCUT2D eigenvalue weighted by atomic mass is 10.0. The number of hydrogen-bond acceptors (Lipinski definition) is 2. The summed E-state index contributed by atoms with van der Waals surface area (Å²) < 4.78 is 0. The molecule has 0 saturated heterocycles. The Bertz CT molecular complexity index is 454. The lowest BCUT2D eigenvalue weighted by Gasteiger charge is -2.28. The molecule has 0 bridgehead atoms. The van der Waals surface area contributed by atoms with Gasteiger partial charge in [0.05, 0.1) is 0 Å². The monoisotopic (exact) mass is 261 g/mol. The number of hydrogen-bond donors (Lipinski definition) is 1. The highest BCUT2D eigenvalue weighted by molar-refractivity contribution is 5.82. The first-order chi connectivity index (χ1) is 9.09. The van der Waals surface area contributed by atoms with Crippen LogP contribution < -0.4 is 0 Å². The van der Waals surface area contributed by atoms with Gasteiger partial charge in [-0.05, 0) is 31.2 Å². The van der Waals surface area contributed by atoms with Gasteiger partial charge in [-0.1, -0.05) is 30.3 Å². The van der Waals surface area contributed by atoms with Crippen LogP contribution in [0.1, 0.15) is 31.7 Å². The van der Waals surface area contributed by atoms with Gasteiger partial charge in [-0.25, -0.2) is 4.79 Å². The van der Waals surface area contributed by atoms with Crippen LogP contribution in [0.15, 0.2) is 30.3 Å². The van der Waals surface area contributed by atoms with Crippen LogP contribution in [0, 0.1) is 0 Å². The molecule has 0 aromatic heterocycles. The van der Waals surface area contributed by atoms with E-state index in [1.807, 2.05) is 30.3 Å². The molecule has 19 heavy (non-hydrogen) atoms. The second-order valence-corrected chi connectivity index (χ2v) is 5.04. The molecule has 1 amide bonds. The average Bonchev–Trinajstić information content (AvgIpc) is 3.19. The predicted octanol–water partition coefficient (Wildman–Crippen LogP) is 2.08. The fraction of sp³-hybridized carbons (Fsp3) is 0.467. The van der Waals surface area contributed by atoms with E-state index < -0.39 is 12.0 Å². The van der Waals surface area contributed by atoms with Crippen molar-refractivity contribution in [1.29, 1.82) is 0 Å². The second-order valence-electron chi connectivity index (χ2n) is 5.04. The van der Waals surface area contributed by atoms with E-state index in [0.717, 1.165) is 18.4 Å². The van der Waals surface area contributed by atoms with Crippen molar-refractivity contribution < 1.29 is 14.7 Å². The van der Waals surface area contributed by atoms with E-state index in [9.17, 15) is 14.7 Å². The zero-order valence-electron chi connectivity index (χ0n) is 11.1. The fourth-order valence-corrected chi connectivity index (χ4v) is 2.41. The Kier molecular flexibility index (Phi) is 4.20. The molecule has 1 aromatic carbocycles. The van der Waals surface area contributed by atoms with E-state index >= 15 is 0 Å². The summed E-state index contributed by atoms with van der Waals surface area (Å²) in [6, 6.07) is 9.20. The molecule has 1 fully saturated rings. The zero-order chi connectivity index (χ0) is 13.8. The fourth-order valence-electron chi connectivity index (χ4n) is 2.41. The molecule has 0 heterocycles. The molecular weight excluding hydrogens is 242 g/mol. The molecule has 0 aliphatic heterocycles. The lowest BCUT2D eigenvalue weighted by molar-refractivity contribution is -0.150. The largest absolute Gasteiger partial charge is 0.480 e. The summed E-state index contributed by atoms with van der Waals surface area (Å²) in [7, 11) is 0. The summed E-state index contributed by atoms with van der Waals surface area (Å²) >= 11 is 0. The van der Waals surface area contributed by atoms with Gasteiger partial charge in [0.15, 0.2) is 0 Å². The summed E-state index contributed by atoms with van der Waals surface area (Å²) in [5, 5.41) is 9.35. The van der Waals surface area contributed by atoms with Crippen LogP contribution in [0.3, 0.4) is 0 Å². The number of aliphatic carboxylic acids is 1. The highest BCUT2D eigenvalue weighted by Crippen LogP contribution is 2.30. The Morgan fingerprint density at radius 3 is 2.42 bits per heavy atom. The molecule has 1 aliphatic carbocycles. The van der Waals surface area contributed by atoms with Crippen molar-refractivity contribution in [2.45, 2.75) is 44.7 Å². The maximum absolute atomic E-state index is 11.6. The highest BCUT2D eigenvalue weighted by atomic mass is 16.4. The molecule has 1 saturated carbocycles. The molecule has 0 radical (unpaired) electrons. The second kappa shape index (κ2) is 5.87. The van der Waals surface area contributed by atoms with Gasteiger partial charge in [0, 0.05) is 13.0 Å². The Morgan fingerprint density at radius 2 is 1.95 bits per heavy atom. The van der Waals surface area contributed by atoms with Crippen LogP contribution in [0.25, 0.3) is 0 Å². The normalized spacial score (nSPS) is 15.8. The van der Waals surface area contributed by atoms with Crippen molar-refractivity contribution >= 4 is 11.9 Å². The number of benzene rings is 1. The van der Waals surface area contributed by atoms with Crippen molar-refractivity contribution in [3.8, 4) is 0 Å². The van der Waals surface area contributed by atoms with E-state index in [1.165, 1.54) is 6.92 Å². The number of carboxylic acid groups (broad SMARTS) is 1. The van der Waals surface area contributed by atoms with Crippen molar-refractivity contribution in [1.82, 2.24) is 4.90 Å². The number of carbonyl (C=O) groups is 2. The maximum Gasteiger partial charge on any atom is 0.326 e.